The van der Waals surface area contributed by atoms with Gasteiger partial charge in [0.2, 0.25) is 5.91 Å². The molecule has 1 aliphatic heterocycles. The lowest BCUT2D eigenvalue weighted by molar-refractivity contribution is -0.121. The van der Waals surface area contributed by atoms with Crippen molar-refractivity contribution in [1.29, 1.82) is 0 Å². The minimum absolute atomic E-state index is 0.140. The zero-order valence-electron chi connectivity index (χ0n) is 20.3. The monoisotopic (exact) mass is 540 g/mol. The third-order valence-corrected chi connectivity index (χ3v) is 7.71. The smallest absolute Gasteiger partial charge is 0.255 e. The van der Waals surface area contributed by atoms with Crippen LogP contribution in [0.1, 0.15) is 64.7 Å². The molecule has 0 aromatic heterocycles. The Kier molecular flexibility index (Phi) is 8.87. The Labute approximate surface area is 226 Å². The first-order valence-corrected chi connectivity index (χ1v) is 13.1. The number of aliphatic hydroxyl groups is 2. The molecule has 6 nitrogen and oxygen atoms in total. The van der Waals surface area contributed by atoms with Gasteiger partial charge in [0.25, 0.3) is 5.91 Å². The minimum atomic E-state index is -0.824. The summed E-state index contributed by atoms with van der Waals surface area (Å²) in [6.07, 6.45) is 2.33. The number of halogens is 2. The molecule has 0 spiro atoms. The summed E-state index contributed by atoms with van der Waals surface area (Å²) in [5.41, 5.74) is 8.29. The maximum Gasteiger partial charge on any atom is 0.255 e. The summed E-state index contributed by atoms with van der Waals surface area (Å²) in [7, 11) is 0. The Morgan fingerprint density at radius 3 is 2.14 bits per heavy atom. The third kappa shape index (κ3) is 5.68. The lowest BCUT2D eigenvalue weighted by Gasteiger charge is -2.48. The fourth-order valence-electron chi connectivity index (χ4n) is 5.32. The molecule has 5 rings (SSSR count). The lowest BCUT2D eigenvalue weighted by Crippen LogP contribution is -2.55. The molecule has 1 saturated carbocycles. The van der Waals surface area contributed by atoms with Gasteiger partial charge in [0.1, 0.15) is 0 Å². The van der Waals surface area contributed by atoms with E-state index < -0.39 is 30.0 Å². The summed E-state index contributed by atoms with van der Waals surface area (Å²) in [6.45, 7) is 0.140. The number of rotatable bonds is 4. The van der Waals surface area contributed by atoms with Crippen LogP contribution in [0.15, 0.2) is 72.8 Å². The van der Waals surface area contributed by atoms with Gasteiger partial charge in [0.15, 0.2) is 0 Å². The SMILES string of the molecule is NC(=O)C1c2ccccc2C(=O)N(C2CCCCC2O)C1c1c(Cl)cccc1Cl.OCc1ccccc1. The summed E-state index contributed by atoms with van der Waals surface area (Å²) in [5.74, 6) is -1.64. The average molecular weight is 541 g/mol. The van der Waals surface area contributed by atoms with Crippen molar-refractivity contribution in [2.45, 2.75) is 56.4 Å². The Morgan fingerprint density at radius 2 is 1.54 bits per heavy atom. The van der Waals surface area contributed by atoms with Crippen molar-refractivity contribution in [1.82, 2.24) is 4.90 Å². The number of fused-ring (bicyclic) bond motifs is 1. The molecular weight excluding hydrogens is 511 g/mol. The highest BCUT2D eigenvalue weighted by atomic mass is 35.5. The van der Waals surface area contributed by atoms with Gasteiger partial charge in [0.05, 0.1) is 30.7 Å². The Balaban J connectivity index is 0.000000342. The second-order valence-electron chi connectivity index (χ2n) is 9.32. The molecule has 194 valence electrons. The van der Waals surface area contributed by atoms with Gasteiger partial charge in [-0.25, -0.2) is 0 Å². The third-order valence-electron chi connectivity index (χ3n) is 7.05. The Morgan fingerprint density at radius 1 is 0.919 bits per heavy atom. The van der Waals surface area contributed by atoms with E-state index in [-0.39, 0.29) is 12.5 Å². The number of nitrogens with two attached hydrogens (primary N) is 1. The van der Waals surface area contributed by atoms with Crippen molar-refractivity contribution < 1.29 is 19.8 Å². The van der Waals surface area contributed by atoms with E-state index in [0.717, 1.165) is 18.4 Å². The van der Waals surface area contributed by atoms with Crippen LogP contribution in [0.4, 0.5) is 0 Å². The second-order valence-corrected chi connectivity index (χ2v) is 10.1. The molecule has 1 heterocycles. The quantitative estimate of drug-likeness (QED) is 0.420. The molecule has 37 heavy (non-hydrogen) atoms. The van der Waals surface area contributed by atoms with Crippen LogP contribution in [-0.4, -0.2) is 39.1 Å². The molecule has 4 N–H and O–H groups in total. The largest absolute Gasteiger partial charge is 0.392 e. The highest BCUT2D eigenvalue weighted by molar-refractivity contribution is 6.36. The standard InChI is InChI=1S/C22H22Cl2N2O3.C7H8O/c23-14-8-5-9-15(24)19(14)20-18(21(25)28)12-6-1-2-7-13(12)22(29)26(20)16-10-3-4-11-17(16)27;8-6-7-4-2-1-3-5-7/h1-2,5-9,16-18,20,27H,3-4,10-11H2,(H2,25,28);1-5,8H,6H2. The minimum Gasteiger partial charge on any atom is -0.392 e. The van der Waals surface area contributed by atoms with Crippen LogP contribution in [0.3, 0.4) is 0 Å². The highest BCUT2D eigenvalue weighted by Crippen LogP contribution is 2.48. The van der Waals surface area contributed by atoms with Crippen molar-refractivity contribution in [3.63, 3.8) is 0 Å². The van der Waals surface area contributed by atoms with Gasteiger partial charge in [0, 0.05) is 21.2 Å². The Hall–Kier alpha value is -2.90. The number of amides is 2. The van der Waals surface area contributed by atoms with E-state index in [1.54, 1.807) is 47.4 Å². The maximum atomic E-state index is 13.6. The first kappa shape index (κ1) is 27.1. The van der Waals surface area contributed by atoms with Gasteiger partial charge in [-0.15, -0.1) is 0 Å². The molecule has 2 amide bonds. The number of hydrogen-bond donors (Lipinski definition) is 3. The maximum absolute atomic E-state index is 13.6. The summed E-state index contributed by atoms with van der Waals surface area (Å²) >= 11 is 13.0. The summed E-state index contributed by atoms with van der Waals surface area (Å²) < 4.78 is 0. The van der Waals surface area contributed by atoms with E-state index in [9.17, 15) is 14.7 Å². The van der Waals surface area contributed by atoms with Crippen LogP contribution in [-0.2, 0) is 11.4 Å². The number of benzene rings is 3. The molecular formula is C29H30Cl2N2O4. The molecule has 1 aliphatic carbocycles. The van der Waals surface area contributed by atoms with Gasteiger partial charge in [-0.2, -0.15) is 0 Å². The molecule has 0 radical (unpaired) electrons. The number of aliphatic hydroxyl groups excluding tert-OH is 2. The fourth-order valence-corrected chi connectivity index (χ4v) is 5.94. The molecule has 2 aliphatic rings. The van der Waals surface area contributed by atoms with Crippen LogP contribution in [0.2, 0.25) is 10.0 Å². The summed E-state index contributed by atoms with van der Waals surface area (Å²) in [5, 5.41) is 20.0. The molecule has 3 aromatic carbocycles. The van der Waals surface area contributed by atoms with Crippen LogP contribution < -0.4 is 5.73 Å². The predicted molar refractivity (Wildman–Crippen MR) is 144 cm³/mol. The topological polar surface area (TPSA) is 104 Å². The number of primary amides is 1. The van der Waals surface area contributed by atoms with Crippen molar-refractivity contribution in [3.8, 4) is 0 Å². The number of carbonyl (C=O) groups excluding carboxylic acids is 2. The zero-order valence-corrected chi connectivity index (χ0v) is 21.8. The van der Waals surface area contributed by atoms with Crippen LogP contribution >= 0.6 is 23.2 Å². The van der Waals surface area contributed by atoms with Crippen LogP contribution in [0.25, 0.3) is 0 Å². The van der Waals surface area contributed by atoms with Gasteiger partial charge < -0.3 is 20.8 Å². The van der Waals surface area contributed by atoms with Gasteiger partial charge in [-0.3, -0.25) is 9.59 Å². The Bertz CT molecular complexity index is 1230. The van der Waals surface area contributed by atoms with E-state index in [2.05, 4.69) is 0 Å². The zero-order chi connectivity index (χ0) is 26.5. The first-order chi connectivity index (χ1) is 17.8. The first-order valence-electron chi connectivity index (χ1n) is 12.3. The van der Waals surface area contributed by atoms with E-state index >= 15 is 0 Å². The normalized spacial score (nSPS) is 23.0. The van der Waals surface area contributed by atoms with E-state index in [4.69, 9.17) is 34.0 Å². The molecule has 0 saturated heterocycles. The van der Waals surface area contributed by atoms with E-state index in [1.807, 2.05) is 30.3 Å². The van der Waals surface area contributed by atoms with Crippen molar-refractivity contribution >= 4 is 35.0 Å². The van der Waals surface area contributed by atoms with E-state index in [0.29, 0.717) is 39.6 Å². The van der Waals surface area contributed by atoms with Gasteiger partial charge in [-0.05, 0) is 42.2 Å². The van der Waals surface area contributed by atoms with Gasteiger partial charge in [-0.1, -0.05) is 90.6 Å². The summed E-state index contributed by atoms with van der Waals surface area (Å²) in [6, 6.07) is 20.4. The molecule has 3 aromatic rings. The molecule has 4 atom stereocenters. The van der Waals surface area contributed by atoms with Gasteiger partial charge >= 0.3 is 0 Å². The molecule has 8 heteroatoms. The molecule has 4 unspecified atom stereocenters. The second kappa shape index (κ2) is 12.1. The lowest BCUT2D eigenvalue weighted by atomic mass is 9.77. The predicted octanol–water partition coefficient (Wildman–Crippen LogP) is 5.24. The highest BCUT2D eigenvalue weighted by Gasteiger charge is 2.48. The van der Waals surface area contributed by atoms with Crippen LogP contribution in [0.5, 0.6) is 0 Å². The number of nitrogens with zero attached hydrogens (tertiary/aromatic N) is 1. The fraction of sp³-hybridized carbons (Fsp3) is 0.310. The van der Waals surface area contributed by atoms with Crippen molar-refractivity contribution in [2.75, 3.05) is 0 Å². The van der Waals surface area contributed by atoms with Crippen molar-refractivity contribution in [3.05, 3.63) is 105 Å². The molecule has 0 bridgehead atoms. The van der Waals surface area contributed by atoms with Crippen LogP contribution in [0, 0.1) is 0 Å². The number of carbonyl (C=O) groups is 2. The summed E-state index contributed by atoms with van der Waals surface area (Å²) in [4.78, 5) is 27.9. The van der Waals surface area contributed by atoms with Crippen molar-refractivity contribution in [2.24, 2.45) is 5.73 Å². The van der Waals surface area contributed by atoms with E-state index in [1.165, 1.54) is 0 Å². The number of hydrogen-bond acceptors (Lipinski definition) is 4. The molecule has 1 fully saturated rings. The average Bonchev–Trinajstić information content (AvgIpc) is 2.90.